The summed E-state index contributed by atoms with van der Waals surface area (Å²) in [6, 6.07) is 0.704. The van der Waals surface area contributed by atoms with Crippen molar-refractivity contribution >= 4 is 18.3 Å². The van der Waals surface area contributed by atoms with E-state index < -0.39 is 29.6 Å². The molecule has 8 nitrogen and oxygen atoms in total. The van der Waals surface area contributed by atoms with Gasteiger partial charge in [0.2, 0.25) is 18.3 Å². The van der Waals surface area contributed by atoms with Gasteiger partial charge in [-0.1, -0.05) is 26.7 Å². The second-order valence-electron chi connectivity index (χ2n) is 6.13. The van der Waals surface area contributed by atoms with Gasteiger partial charge in [0.25, 0.3) is 0 Å². The Morgan fingerprint density at radius 1 is 1.38 bits per heavy atom. The van der Waals surface area contributed by atoms with Gasteiger partial charge in [0, 0.05) is 6.20 Å². The van der Waals surface area contributed by atoms with E-state index in [1.165, 1.54) is 0 Å². The van der Waals surface area contributed by atoms with Gasteiger partial charge in [-0.3, -0.25) is 25.6 Å². The van der Waals surface area contributed by atoms with E-state index in [0.29, 0.717) is 29.9 Å². The van der Waals surface area contributed by atoms with Crippen LogP contribution in [0.3, 0.4) is 0 Å². The average Bonchev–Trinajstić information content (AvgIpc) is 2.57. The molecular weight excluding hydrogens is 355 g/mol. The van der Waals surface area contributed by atoms with Crippen molar-refractivity contribution in [1.82, 2.24) is 20.5 Å². The molecule has 3 N–H and O–H groups in total. The molecule has 0 aromatic carbocycles. The lowest BCUT2D eigenvalue weighted by molar-refractivity contribution is -0.154. The molecule has 0 aliphatic rings. The largest absolute Gasteiger partial charge is 0.433 e. The molecule has 146 valence electrons. The molecule has 0 aliphatic carbocycles. The van der Waals surface area contributed by atoms with Gasteiger partial charge in [-0.05, 0) is 18.4 Å². The van der Waals surface area contributed by atoms with Gasteiger partial charge in [0.1, 0.15) is 5.69 Å². The summed E-state index contributed by atoms with van der Waals surface area (Å²) >= 11 is 0. The van der Waals surface area contributed by atoms with Crippen molar-refractivity contribution in [1.29, 1.82) is 0 Å². The summed E-state index contributed by atoms with van der Waals surface area (Å²) in [6.45, 7) is 3.80. The Labute approximate surface area is 148 Å². The van der Waals surface area contributed by atoms with Crippen LogP contribution in [0.2, 0.25) is 0 Å². The lowest BCUT2D eigenvalue weighted by Crippen LogP contribution is -2.40. The third-order valence-electron chi connectivity index (χ3n) is 3.48. The maximum absolute atomic E-state index is 12.6. The van der Waals surface area contributed by atoms with E-state index in [1.807, 2.05) is 13.8 Å². The Morgan fingerprint density at radius 2 is 2.08 bits per heavy atom. The van der Waals surface area contributed by atoms with Crippen LogP contribution in [0.15, 0.2) is 12.3 Å². The van der Waals surface area contributed by atoms with Gasteiger partial charge in [-0.2, -0.15) is 13.2 Å². The summed E-state index contributed by atoms with van der Waals surface area (Å²) < 4.78 is 37.8. The Morgan fingerprint density at radius 3 is 2.65 bits per heavy atom. The first-order valence-corrected chi connectivity index (χ1v) is 8.00. The molecule has 0 aliphatic heterocycles. The molecule has 1 heterocycles. The van der Waals surface area contributed by atoms with Crippen molar-refractivity contribution in [2.75, 3.05) is 12.0 Å². The Bertz CT molecular complexity index is 598. The van der Waals surface area contributed by atoms with Gasteiger partial charge < -0.3 is 0 Å². The number of hydroxylamine groups is 2. The maximum Gasteiger partial charge on any atom is 0.433 e. The van der Waals surface area contributed by atoms with E-state index in [-0.39, 0.29) is 13.0 Å². The number of halogens is 3. The molecular formula is C15H22F3N5O3. The van der Waals surface area contributed by atoms with Gasteiger partial charge in [-0.15, -0.1) is 0 Å². The van der Waals surface area contributed by atoms with Crippen molar-refractivity contribution in [3.8, 4) is 0 Å². The third kappa shape index (κ3) is 7.64. The summed E-state index contributed by atoms with van der Waals surface area (Å²) in [5.41, 5.74) is 3.28. The van der Waals surface area contributed by atoms with Crippen molar-refractivity contribution in [3.63, 3.8) is 0 Å². The van der Waals surface area contributed by atoms with E-state index in [0.717, 1.165) is 12.6 Å². The number of hydrogen-bond acceptors (Lipinski definition) is 6. The molecule has 1 atom stereocenters. The zero-order valence-electron chi connectivity index (χ0n) is 14.5. The topological polar surface area (TPSA) is 107 Å². The fourth-order valence-corrected chi connectivity index (χ4v) is 2.14. The van der Waals surface area contributed by atoms with Crippen LogP contribution >= 0.6 is 0 Å². The van der Waals surface area contributed by atoms with Crippen LogP contribution in [0.5, 0.6) is 0 Å². The zero-order valence-corrected chi connectivity index (χ0v) is 14.5. The number of nitrogens with one attached hydrogen (secondary N) is 2. The highest BCUT2D eigenvalue weighted by Crippen LogP contribution is 2.27. The van der Waals surface area contributed by atoms with E-state index >= 15 is 0 Å². The van der Waals surface area contributed by atoms with E-state index in [9.17, 15) is 28.0 Å². The molecule has 1 aromatic heterocycles. The number of alkyl halides is 3. The minimum Gasteiger partial charge on any atom is -0.286 e. The monoisotopic (exact) mass is 377 g/mol. The second-order valence-corrected chi connectivity index (χ2v) is 6.13. The molecule has 1 rings (SSSR count). The summed E-state index contributed by atoms with van der Waals surface area (Å²) in [4.78, 5) is 29.6. The predicted octanol–water partition coefficient (Wildman–Crippen LogP) is 2.23. The molecule has 0 saturated carbocycles. The van der Waals surface area contributed by atoms with E-state index in [1.54, 1.807) is 0 Å². The number of anilines is 1. The quantitative estimate of drug-likeness (QED) is 0.328. The van der Waals surface area contributed by atoms with Crippen LogP contribution in [-0.4, -0.2) is 39.1 Å². The SMILES string of the molecule is CC(C)CCC[C@@H](CN(O)C=O)C(=O)NNc1nccc(C(F)(F)F)n1. The average molecular weight is 377 g/mol. The molecule has 26 heavy (non-hydrogen) atoms. The molecule has 2 amide bonds. The molecule has 0 unspecified atom stereocenters. The highest BCUT2D eigenvalue weighted by atomic mass is 19.4. The van der Waals surface area contributed by atoms with E-state index in [4.69, 9.17) is 0 Å². The summed E-state index contributed by atoms with van der Waals surface area (Å²) in [5, 5.41) is 9.66. The summed E-state index contributed by atoms with van der Waals surface area (Å²) in [5.74, 6) is -1.35. The van der Waals surface area contributed by atoms with Crippen LogP contribution in [0.4, 0.5) is 19.1 Å². The van der Waals surface area contributed by atoms with Gasteiger partial charge in [0.15, 0.2) is 0 Å². The standard InChI is InChI=1S/C15H22F3N5O3/c1-10(2)4-3-5-11(8-23(26)9-24)13(25)21-22-14-19-7-6-12(20-14)15(16,17)18/h6-7,9-11,26H,3-5,8H2,1-2H3,(H,21,25)(H,19,20,22)/t11-/m0/s1. The van der Waals surface area contributed by atoms with Crippen LogP contribution in [0, 0.1) is 11.8 Å². The minimum atomic E-state index is -4.63. The minimum absolute atomic E-state index is 0.173. The van der Waals surface area contributed by atoms with Crippen LogP contribution in [0.25, 0.3) is 0 Å². The Balaban J connectivity index is 2.68. The van der Waals surface area contributed by atoms with Gasteiger partial charge in [0.05, 0.1) is 12.5 Å². The summed E-state index contributed by atoms with van der Waals surface area (Å²) in [7, 11) is 0. The number of nitrogens with zero attached hydrogens (tertiary/aromatic N) is 3. The van der Waals surface area contributed by atoms with Gasteiger partial charge >= 0.3 is 6.18 Å². The molecule has 11 heteroatoms. The first-order valence-electron chi connectivity index (χ1n) is 8.00. The first kappa shape index (κ1) is 21.6. The van der Waals surface area contributed by atoms with Crippen molar-refractivity contribution in [2.45, 2.75) is 39.3 Å². The molecule has 0 radical (unpaired) electrons. The third-order valence-corrected chi connectivity index (χ3v) is 3.48. The van der Waals surface area contributed by atoms with Crippen LogP contribution in [-0.2, 0) is 15.8 Å². The molecule has 0 saturated heterocycles. The van der Waals surface area contributed by atoms with E-state index in [2.05, 4.69) is 20.8 Å². The highest BCUT2D eigenvalue weighted by Gasteiger charge is 2.32. The van der Waals surface area contributed by atoms with Crippen LogP contribution < -0.4 is 10.9 Å². The van der Waals surface area contributed by atoms with Crippen molar-refractivity contribution in [3.05, 3.63) is 18.0 Å². The normalized spacial score (nSPS) is 12.6. The Kier molecular flexibility index (Phi) is 8.23. The number of amides is 2. The highest BCUT2D eigenvalue weighted by molar-refractivity contribution is 5.80. The number of aromatic nitrogens is 2. The predicted molar refractivity (Wildman–Crippen MR) is 85.5 cm³/mol. The zero-order chi connectivity index (χ0) is 19.7. The number of hydrazine groups is 1. The van der Waals surface area contributed by atoms with Crippen LogP contribution in [0.1, 0.15) is 38.8 Å². The fraction of sp³-hybridized carbons (Fsp3) is 0.600. The lowest BCUT2D eigenvalue weighted by atomic mass is 9.97. The van der Waals surface area contributed by atoms with Crippen molar-refractivity contribution < 1.29 is 28.0 Å². The summed E-state index contributed by atoms with van der Waals surface area (Å²) in [6.07, 6.45) is -1.63. The molecule has 0 bridgehead atoms. The first-order chi connectivity index (χ1) is 12.1. The number of carbonyl (C=O) groups is 2. The number of carbonyl (C=O) groups excluding carboxylic acids is 2. The molecule has 0 fully saturated rings. The van der Waals surface area contributed by atoms with Crippen molar-refractivity contribution in [2.24, 2.45) is 11.8 Å². The molecule has 0 spiro atoms. The fourth-order valence-electron chi connectivity index (χ4n) is 2.14. The lowest BCUT2D eigenvalue weighted by Gasteiger charge is -2.20. The molecule has 1 aromatic rings. The smallest absolute Gasteiger partial charge is 0.286 e. The number of hydrogen-bond donors (Lipinski definition) is 3. The Hall–Kier alpha value is -2.43. The second kappa shape index (κ2) is 9.90. The van der Waals surface area contributed by atoms with Gasteiger partial charge in [-0.25, -0.2) is 15.0 Å². The maximum atomic E-state index is 12.6. The number of rotatable bonds is 10.